The highest BCUT2D eigenvalue weighted by molar-refractivity contribution is 5.90. The maximum atomic E-state index is 5.74. The standard InChI is InChI=1S/C11H15N3O3/c1-3-15-6-7(2)16-9-5-4-8(12)10-11(9)14-17-13-10/h4-5,7H,3,6,12H2,1-2H3. The van der Waals surface area contributed by atoms with Crippen molar-refractivity contribution in [2.45, 2.75) is 20.0 Å². The molecule has 0 spiro atoms. The molecule has 0 aliphatic heterocycles. The minimum absolute atomic E-state index is 0.0709. The van der Waals surface area contributed by atoms with E-state index in [4.69, 9.17) is 15.2 Å². The van der Waals surface area contributed by atoms with Crippen molar-refractivity contribution >= 4 is 16.7 Å². The smallest absolute Gasteiger partial charge is 0.179 e. The molecule has 6 heteroatoms. The van der Waals surface area contributed by atoms with Gasteiger partial charge in [-0.05, 0) is 36.3 Å². The number of nitrogens with zero attached hydrogens (tertiary/aromatic N) is 2. The summed E-state index contributed by atoms with van der Waals surface area (Å²) in [5, 5.41) is 7.51. The molecule has 17 heavy (non-hydrogen) atoms. The molecular weight excluding hydrogens is 222 g/mol. The highest BCUT2D eigenvalue weighted by atomic mass is 16.6. The van der Waals surface area contributed by atoms with E-state index >= 15 is 0 Å². The van der Waals surface area contributed by atoms with E-state index in [-0.39, 0.29) is 6.10 Å². The summed E-state index contributed by atoms with van der Waals surface area (Å²) in [5.41, 5.74) is 7.31. The van der Waals surface area contributed by atoms with Crippen LogP contribution in [0.2, 0.25) is 0 Å². The van der Waals surface area contributed by atoms with Gasteiger partial charge in [-0.1, -0.05) is 0 Å². The number of nitrogens with two attached hydrogens (primary N) is 1. The van der Waals surface area contributed by atoms with E-state index in [1.165, 1.54) is 0 Å². The molecule has 0 aliphatic carbocycles. The van der Waals surface area contributed by atoms with Crippen molar-refractivity contribution < 1.29 is 14.1 Å². The molecule has 6 nitrogen and oxygen atoms in total. The molecule has 0 bridgehead atoms. The van der Waals surface area contributed by atoms with Crippen LogP contribution in [0.5, 0.6) is 5.75 Å². The number of hydrogen-bond donors (Lipinski definition) is 1. The van der Waals surface area contributed by atoms with Crippen LogP contribution in [-0.2, 0) is 4.74 Å². The Morgan fingerprint density at radius 1 is 1.35 bits per heavy atom. The summed E-state index contributed by atoms with van der Waals surface area (Å²) in [6.07, 6.45) is -0.0709. The lowest BCUT2D eigenvalue weighted by Gasteiger charge is -2.14. The molecule has 2 rings (SSSR count). The molecule has 0 radical (unpaired) electrons. The molecule has 0 aliphatic rings. The molecule has 1 unspecified atom stereocenters. The molecule has 1 aromatic carbocycles. The normalized spacial score (nSPS) is 12.8. The van der Waals surface area contributed by atoms with Crippen LogP contribution in [0, 0.1) is 0 Å². The summed E-state index contributed by atoms with van der Waals surface area (Å²) in [5.74, 6) is 0.600. The summed E-state index contributed by atoms with van der Waals surface area (Å²) >= 11 is 0. The predicted molar refractivity (Wildman–Crippen MR) is 62.8 cm³/mol. The van der Waals surface area contributed by atoms with Crippen LogP contribution in [-0.4, -0.2) is 29.6 Å². The first kappa shape index (κ1) is 11.7. The summed E-state index contributed by atoms with van der Waals surface area (Å²) in [4.78, 5) is 0. The van der Waals surface area contributed by atoms with Crippen LogP contribution >= 0.6 is 0 Å². The van der Waals surface area contributed by atoms with Crippen molar-refractivity contribution in [1.82, 2.24) is 10.3 Å². The summed E-state index contributed by atoms with van der Waals surface area (Å²) in [7, 11) is 0. The van der Waals surface area contributed by atoms with Crippen molar-refractivity contribution in [3.63, 3.8) is 0 Å². The third-order valence-corrected chi connectivity index (χ3v) is 2.29. The van der Waals surface area contributed by atoms with E-state index in [1.807, 2.05) is 13.8 Å². The molecule has 1 heterocycles. The van der Waals surface area contributed by atoms with Crippen LogP contribution in [0.4, 0.5) is 5.69 Å². The Kier molecular flexibility index (Phi) is 3.43. The van der Waals surface area contributed by atoms with Crippen LogP contribution in [0.1, 0.15) is 13.8 Å². The number of aromatic nitrogens is 2. The zero-order valence-electron chi connectivity index (χ0n) is 9.84. The lowest BCUT2D eigenvalue weighted by atomic mass is 10.2. The first-order valence-electron chi connectivity index (χ1n) is 5.47. The van der Waals surface area contributed by atoms with Gasteiger partial charge in [0.1, 0.15) is 6.10 Å². The van der Waals surface area contributed by atoms with Gasteiger partial charge in [0.25, 0.3) is 0 Å². The average Bonchev–Trinajstić information content (AvgIpc) is 2.80. The zero-order chi connectivity index (χ0) is 12.3. The minimum Gasteiger partial charge on any atom is -0.486 e. The van der Waals surface area contributed by atoms with E-state index in [9.17, 15) is 0 Å². The topological polar surface area (TPSA) is 83.4 Å². The van der Waals surface area contributed by atoms with Crippen LogP contribution in [0.15, 0.2) is 16.8 Å². The molecule has 1 aromatic heterocycles. The number of hydrogen-bond acceptors (Lipinski definition) is 6. The van der Waals surface area contributed by atoms with E-state index in [2.05, 4.69) is 14.9 Å². The Morgan fingerprint density at radius 3 is 2.88 bits per heavy atom. The van der Waals surface area contributed by atoms with E-state index in [1.54, 1.807) is 12.1 Å². The molecule has 2 aromatic rings. The SMILES string of the molecule is CCOCC(C)Oc1ccc(N)c2nonc12. The van der Waals surface area contributed by atoms with Gasteiger partial charge in [0.15, 0.2) is 16.8 Å². The molecule has 0 amide bonds. The summed E-state index contributed by atoms with van der Waals surface area (Å²) in [6.45, 7) is 5.05. The second-order valence-corrected chi connectivity index (χ2v) is 3.70. The van der Waals surface area contributed by atoms with Crippen molar-refractivity contribution in [1.29, 1.82) is 0 Å². The maximum absolute atomic E-state index is 5.74. The van der Waals surface area contributed by atoms with Crippen LogP contribution in [0.25, 0.3) is 11.0 Å². The number of benzene rings is 1. The summed E-state index contributed by atoms with van der Waals surface area (Å²) in [6, 6.07) is 3.47. The van der Waals surface area contributed by atoms with Crippen molar-refractivity contribution in [2.75, 3.05) is 18.9 Å². The molecule has 0 fully saturated rings. The number of nitrogen functional groups attached to an aromatic ring is 1. The van der Waals surface area contributed by atoms with Gasteiger partial charge in [-0.15, -0.1) is 0 Å². The predicted octanol–water partition coefficient (Wildman–Crippen LogP) is 1.61. The Morgan fingerprint density at radius 2 is 2.12 bits per heavy atom. The average molecular weight is 237 g/mol. The van der Waals surface area contributed by atoms with Gasteiger partial charge in [0.2, 0.25) is 0 Å². The largest absolute Gasteiger partial charge is 0.486 e. The molecular formula is C11H15N3O3. The van der Waals surface area contributed by atoms with Gasteiger partial charge in [-0.2, -0.15) is 0 Å². The second kappa shape index (κ2) is 5.01. The van der Waals surface area contributed by atoms with E-state index in [0.29, 0.717) is 35.7 Å². The Balaban J connectivity index is 2.18. The summed E-state index contributed by atoms with van der Waals surface area (Å²) < 4.78 is 15.6. The fourth-order valence-corrected chi connectivity index (χ4v) is 1.49. The van der Waals surface area contributed by atoms with Crippen molar-refractivity contribution in [2.24, 2.45) is 0 Å². The van der Waals surface area contributed by atoms with Crippen LogP contribution < -0.4 is 10.5 Å². The fraction of sp³-hybridized carbons (Fsp3) is 0.455. The zero-order valence-corrected chi connectivity index (χ0v) is 9.84. The number of fused-ring (bicyclic) bond motifs is 1. The van der Waals surface area contributed by atoms with Gasteiger partial charge in [-0.25, -0.2) is 4.63 Å². The first-order chi connectivity index (χ1) is 8.22. The molecule has 0 saturated heterocycles. The van der Waals surface area contributed by atoms with E-state index in [0.717, 1.165) is 0 Å². The molecule has 1 atom stereocenters. The Bertz CT molecular complexity index is 498. The monoisotopic (exact) mass is 237 g/mol. The molecule has 0 saturated carbocycles. The van der Waals surface area contributed by atoms with Gasteiger partial charge in [0, 0.05) is 6.61 Å². The first-order valence-corrected chi connectivity index (χ1v) is 5.47. The van der Waals surface area contributed by atoms with Gasteiger partial charge in [0.05, 0.1) is 12.3 Å². The van der Waals surface area contributed by atoms with Crippen molar-refractivity contribution in [3.05, 3.63) is 12.1 Å². The quantitative estimate of drug-likeness (QED) is 0.795. The molecule has 92 valence electrons. The van der Waals surface area contributed by atoms with E-state index < -0.39 is 0 Å². The van der Waals surface area contributed by atoms with Gasteiger partial charge >= 0.3 is 0 Å². The van der Waals surface area contributed by atoms with Crippen molar-refractivity contribution in [3.8, 4) is 5.75 Å². The second-order valence-electron chi connectivity index (χ2n) is 3.70. The van der Waals surface area contributed by atoms with Gasteiger partial charge in [-0.3, -0.25) is 0 Å². The highest BCUT2D eigenvalue weighted by Gasteiger charge is 2.13. The third kappa shape index (κ3) is 2.47. The number of rotatable bonds is 5. The van der Waals surface area contributed by atoms with Gasteiger partial charge < -0.3 is 15.2 Å². The maximum Gasteiger partial charge on any atom is 0.179 e. The lowest BCUT2D eigenvalue weighted by molar-refractivity contribution is 0.0663. The Hall–Kier alpha value is -1.82. The number of anilines is 1. The lowest BCUT2D eigenvalue weighted by Crippen LogP contribution is -2.19. The third-order valence-electron chi connectivity index (χ3n) is 2.29. The fourth-order valence-electron chi connectivity index (χ4n) is 1.49. The Labute approximate surface area is 98.6 Å². The van der Waals surface area contributed by atoms with Crippen LogP contribution in [0.3, 0.4) is 0 Å². The minimum atomic E-state index is -0.0709. The highest BCUT2D eigenvalue weighted by Crippen LogP contribution is 2.27. The molecule has 2 N–H and O–H groups in total. The number of ether oxygens (including phenoxy) is 2.